The maximum atomic E-state index is 13.2. The minimum atomic E-state index is -0.0450. The van der Waals surface area contributed by atoms with Crippen LogP contribution in [0.25, 0.3) is 22.6 Å². The normalized spacial score (nSPS) is 18.7. The first kappa shape index (κ1) is 20.6. The van der Waals surface area contributed by atoms with Gasteiger partial charge in [-0.1, -0.05) is 0 Å². The number of likely N-dealkylation sites (tertiary alicyclic amines) is 1. The highest BCUT2D eigenvalue weighted by molar-refractivity contribution is 6.00. The third kappa shape index (κ3) is 3.63. The standard InChI is InChI=1S/C24H28N6O2/c1-28-22-19(27-23(28)20-8-16(11-25)13-30(20)12-15-5-6-15)9-17(10-21(22)32-2)24(31)29-7-3-4-18(26)14-29/h8-10,13,15,18H,3-7,12,14,26H2,1-2H3/t18-/m1/s1. The molecule has 1 aliphatic heterocycles. The highest BCUT2D eigenvalue weighted by Crippen LogP contribution is 2.35. The Labute approximate surface area is 187 Å². The van der Waals surface area contributed by atoms with E-state index in [9.17, 15) is 10.1 Å². The molecule has 8 heteroatoms. The summed E-state index contributed by atoms with van der Waals surface area (Å²) in [5, 5.41) is 9.44. The van der Waals surface area contributed by atoms with Gasteiger partial charge >= 0.3 is 0 Å². The fourth-order valence-electron chi connectivity index (χ4n) is 4.68. The van der Waals surface area contributed by atoms with Crippen molar-refractivity contribution in [2.75, 3.05) is 20.2 Å². The van der Waals surface area contributed by atoms with Crippen LogP contribution in [0.2, 0.25) is 0 Å². The second kappa shape index (κ2) is 7.99. The monoisotopic (exact) mass is 432 g/mol. The van der Waals surface area contributed by atoms with Crippen molar-refractivity contribution in [3.05, 3.63) is 35.5 Å². The minimum absolute atomic E-state index is 0.0216. The summed E-state index contributed by atoms with van der Waals surface area (Å²) < 4.78 is 9.79. The van der Waals surface area contributed by atoms with Gasteiger partial charge in [-0.25, -0.2) is 4.98 Å². The minimum Gasteiger partial charge on any atom is -0.494 e. The molecular weight excluding hydrogens is 404 g/mol. The van der Waals surface area contributed by atoms with Crippen molar-refractivity contribution in [2.24, 2.45) is 18.7 Å². The van der Waals surface area contributed by atoms with Gasteiger partial charge in [0.15, 0.2) is 5.82 Å². The second-order valence-electron chi connectivity index (χ2n) is 9.02. The molecule has 32 heavy (non-hydrogen) atoms. The van der Waals surface area contributed by atoms with Gasteiger partial charge in [-0.2, -0.15) is 5.26 Å². The highest BCUT2D eigenvalue weighted by atomic mass is 16.5. The van der Waals surface area contributed by atoms with Crippen LogP contribution in [0.1, 0.15) is 41.6 Å². The summed E-state index contributed by atoms with van der Waals surface area (Å²) in [4.78, 5) is 19.9. The van der Waals surface area contributed by atoms with Crippen molar-refractivity contribution in [1.29, 1.82) is 5.26 Å². The molecule has 1 saturated carbocycles. The van der Waals surface area contributed by atoms with Crippen LogP contribution in [-0.2, 0) is 13.6 Å². The van der Waals surface area contributed by atoms with Gasteiger partial charge in [-0.3, -0.25) is 4.79 Å². The van der Waals surface area contributed by atoms with E-state index in [2.05, 4.69) is 10.6 Å². The number of rotatable bonds is 5. The number of nitriles is 1. The number of aryl methyl sites for hydroxylation is 1. The Morgan fingerprint density at radius 2 is 2.12 bits per heavy atom. The van der Waals surface area contributed by atoms with Crippen molar-refractivity contribution >= 4 is 16.9 Å². The number of fused-ring (bicyclic) bond motifs is 1. The maximum absolute atomic E-state index is 13.2. The number of methoxy groups -OCH3 is 1. The van der Waals surface area contributed by atoms with E-state index in [1.807, 2.05) is 34.8 Å². The van der Waals surface area contributed by atoms with Crippen LogP contribution in [0.3, 0.4) is 0 Å². The number of carbonyl (C=O) groups excluding carboxylic acids is 1. The van der Waals surface area contributed by atoms with Gasteiger partial charge in [0.1, 0.15) is 17.3 Å². The molecule has 2 fully saturated rings. The zero-order chi connectivity index (χ0) is 22.4. The first-order chi connectivity index (χ1) is 15.5. The van der Waals surface area contributed by atoms with Gasteiger partial charge in [0.2, 0.25) is 0 Å². The number of nitrogens with two attached hydrogens (primary N) is 1. The molecule has 2 aliphatic rings. The number of nitrogens with zero attached hydrogens (tertiary/aromatic N) is 5. The van der Waals surface area contributed by atoms with Crippen LogP contribution in [0.5, 0.6) is 5.75 Å². The molecule has 1 atom stereocenters. The topological polar surface area (TPSA) is 102 Å². The second-order valence-corrected chi connectivity index (χ2v) is 9.02. The first-order valence-corrected chi connectivity index (χ1v) is 11.2. The summed E-state index contributed by atoms with van der Waals surface area (Å²) in [5.41, 5.74) is 9.69. The molecule has 1 amide bonds. The molecule has 0 radical (unpaired) electrons. The molecule has 3 aromatic rings. The predicted octanol–water partition coefficient (Wildman–Crippen LogP) is 2.90. The van der Waals surface area contributed by atoms with Gasteiger partial charge in [0, 0.05) is 44.5 Å². The Kier molecular flexibility index (Phi) is 5.14. The lowest BCUT2D eigenvalue weighted by Gasteiger charge is -2.30. The number of hydrogen-bond donors (Lipinski definition) is 1. The molecule has 5 rings (SSSR count). The summed E-state index contributed by atoms with van der Waals surface area (Å²) in [6, 6.07) is 7.78. The number of aromatic nitrogens is 3. The lowest BCUT2D eigenvalue weighted by atomic mass is 10.0. The molecule has 1 aromatic carbocycles. The third-order valence-corrected chi connectivity index (χ3v) is 6.55. The third-order valence-electron chi connectivity index (χ3n) is 6.55. The number of benzene rings is 1. The van der Waals surface area contributed by atoms with Crippen LogP contribution >= 0.6 is 0 Å². The van der Waals surface area contributed by atoms with E-state index in [-0.39, 0.29) is 11.9 Å². The van der Waals surface area contributed by atoms with E-state index in [1.165, 1.54) is 12.8 Å². The largest absolute Gasteiger partial charge is 0.494 e. The number of carbonyl (C=O) groups is 1. The molecule has 2 aromatic heterocycles. The lowest BCUT2D eigenvalue weighted by Crippen LogP contribution is -2.45. The molecule has 2 N–H and O–H groups in total. The zero-order valence-corrected chi connectivity index (χ0v) is 18.5. The number of ether oxygens (including phenoxy) is 1. The first-order valence-electron chi connectivity index (χ1n) is 11.2. The van der Waals surface area contributed by atoms with E-state index in [4.69, 9.17) is 15.5 Å². The van der Waals surface area contributed by atoms with Gasteiger partial charge in [-0.15, -0.1) is 0 Å². The zero-order valence-electron chi connectivity index (χ0n) is 18.5. The van der Waals surface area contributed by atoms with Crippen molar-refractivity contribution < 1.29 is 9.53 Å². The quantitative estimate of drug-likeness (QED) is 0.668. The molecule has 0 spiro atoms. The fraction of sp³-hybridized carbons (Fsp3) is 0.458. The molecule has 0 unspecified atom stereocenters. The number of imidazole rings is 1. The molecule has 1 saturated heterocycles. The van der Waals surface area contributed by atoms with E-state index < -0.39 is 0 Å². The predicted molar refractivity (Wildman–Crippen MR) is 121 cm³/mol. The summed E-state index contributed by atoms with van der Waals surface area (Å²) >= 11 is 0. The number of hydrogen-bond acceptors (Lipinski definition) is 5. The Balaban J connectivity index is 1.58. The Morgan fingerprint density at radius 1 is 1.31 bits per heavy atom. The Morgan fingerprint density at radius 3 is 2.81 bits per heavy atom. The van der Waals surface area contributed by atoms with Crippen molar-refractivity contribution in [2.45, 2.75) is 38.3 Å². The SMILES string of the molecule is COc1cc(C(=O)N2CCC[C@@H](N)C2)cc2nc(-c3cc(C#N)cn3CC3CC3)n(C)c12. The van der Waals surface area contributed by atoms with Gasteiger partial charge in [0.25, 0.3) is 5.91 Å². The average molecular weight is 433 g/mol. The van der Waals surface area contributed by atoms with Crippen molar-refractivity contribution in [1.82, 2.24) is 19.0 Å². The Bertz CT molecular complexity index is 1230. The summed E-state index contributed by atoms with van der Waals surface area (Å²) in [6.07, 6.45) is 6.21. The van der Waals surface area contributed by atoms with E-state index in [1.54, 1.807) is 13.2 Å². The highest BCUT2D eigenvalue weighted by Gasteiger charge is 2.27. The number of piperidine rings is 1. The molecule has 166 valence electrons. The van der Waals surface area contributed by atoms with E-state index >= 15 is 0 Å². The molecular formula is C24H28N6O2. The van der Waals surface area contributed by atoms with Crippen LogP contribution in [0.4, 0.5) is 0 Å². The fourth-order valence-corrected chi connectivity index (χ4v) is 4.68. The van der Waals surface area contributed by atoms with Crippen LogP contribution in [0.15, 0.2) is 24.4 Å². The van der Waals surface area contributed by atoms with Crippen molar-refractivity contribution in [3.63, 3.8) is 0 Å². The molecule has 0 bridgehead atoms. The van der Waals surface area contributed by atoms with Gasteiger partial charge < -0.3 is 24.5 Å². The average Bonchev–Trinajstić information content (AvgIpc) is 3.43. The van der Waals surface area contributed by atoms with Crippen LogP contribution < -0.4 is 10.5 Å². The van der Waals surface area contributed by atoms with Crippen LogP contribution in [-0.4, -0.2) is 51.2 Å². The molecule has 3 heterocycles. The lowest BCUT2D eigenvalue weighted by molar-refractivity contribution is 0.0708. The Hall–Kier alpha value is -3.31. The molecule has 8 nitrogen and oxygen atoms in total. The maximum Gasteiger partial charge on any atom is 0.254 e. The smallest absolute Gasteiger partial charge is 0.254 e. The van der Waals surface area contributed by atoms with Crippen molar-refractivity contribution in [3.8, 4) is 23.3 Å². The number of amides is 1. The van der Waals surface area contributed by atoms with Crippen LogP contribution in [0, 0.1) is 17.2 Å². The summed E-state index contributed by atoms with van der Waals surface area (Å²) in [6.45, 7) is 2.17. The van der Waals surface area contributed by atoms with Gasteiger partial charge in [0.05, 0.1) is 23.9 Å². The molecule has 1 aliphatic carbocycles. The van der Waals surface area contributed by atoms with E-state index in [0.29, 0.717) is 41.4 Å². The summed E-state index contributed by atoms with van der Waals surface area (Å²) in [5.74, 6) is 1.98. The van der Waals surface area contributed by atoms with E-state index in [0.717, 1.165) is 36.4 Å². The summed E-state index contributed by atoms with van der Waals surface area (Å²) in [7, 11) is 3.55. The van der Waals surface area contributed by atoms with Gasteiger partial charge in [-0.05, 0) is 49.8 Å².